The molecule has 4 aromatic rings. The number of nitrogens with zero attached hydrogens (tertiary/aromatic N) is 1. The number of pyridine rings is 1. The molecule has 4 rings (SSSR count). The van der Waals surface area contributed by atoms with Crippen molar-refractivity contribution in [3.63, 3.8) is 0 Å². The van der Waals surface area contributed by atoms with Gasteiger partial charge in [0.15, 0.2) is 0 Å². The molecule has 114 valence electrons. The molecule has 1 aromatic heterocycles. The van der Waals surface area contributed by atoms with E-state index in [0.29, 0.717) is 0 Å². The lowest BCUT2D eigenvalue weighted by molar-refractivity contribution is 1.26. The maximum Gasteiger partial charge on any atom is 0.324 e. The van der Waals surface area contributed by atoms with Gasteiger partial charge in [-0.1, -0.05) is 83.3 Å². The van der Waals surface area contributed by atoms with Crippen molar-refractivity contribution in [2.24, 2.45) is 0 Å². The Morgan fingerprint density at radius 3 is 2.17 bits per heavy atom. The van der Waals surface area contributed by atoms with E-state index >= 15 is 0 Å². The Morgan fingerprint density at radius 1 is 0.708 bits per heavy atom. The van der Waals surface area contributed by atoms with Crippen LogP contribution in [0.2, 0.25) is 0 Å². The molecule has 0 spiro atoms. The van der Waals surface area contributed by atoms with Crippen LogP contribution in [-0.4, -0.2) is 20.2 Å². The van der Waals surface area contributed by atoms with Crippen LogP contribution in [0.15, 0.2) is 84.9 Å². The molecule has 0 N–H and O–H groups in total. The topological polar surface area (TPSA) is 12.9 Å². The number of aromatic nitrogens is 1. The van der Waals surface area contributed by atoms with Crippen molar-refractivity contribution in [3.8, 4) is 11.1 Å². The van der Waals surface area contributed by atoms with Crippen LogP contribution in [0, 0.1) is 6.92 Å². The highest BCUT2D eigenvalue weighted by atomic mass is 27.1. The summed E-state index contributed by atoms with van der Waals surface area (Å²) in [5, 5.41) is 1.31. The zero-order valence-corrected chi connectivity index (χ0v) is 15.2. The molecule has 0 bridgehead atoms. The molecule has 0 amide bonds. The van der Waals surface area contributed by atoms with E-state index in [4.69, 9.17) is 0 Å². The molecule has 1 nitrogen and oxygen atoms in total. The normalized spacial score (nSPS) is 10.7. The molecular formula is C22H18AlN. The molecule has 0 saturated heterocycles. The van der Waals surface area contributed by atoms with Crippen molar-refractivity contribution in [3.05, 3.63) is 90.6 Å². The summed E-state index contributed by atoms with van der Waals surface area (Å²) in [6.45, 7) is 2.09. The lowest BCUT2D eigenvalue weighted by Crippen LogP contribution is -2.28. The van der Waals surface area contributed by atoms with Gasteiger partial charge < -0.3 is 0 Å². The van der Waals surface area contributed by atoms with Crippen molar-refractivity contribution >= 4 is 35.0 Å². The molecule has 2 heteroatoms. The summed E-state index contributed by atoms with van der Waals surface area (Å²) < 4.78 is 2.94. The van der Waals surface area contributed by atoms with Gasteiger partial charge in [0.25, 0.3) is 0 Å². The van der Waals surface area contributed by atoms with Crippen molar-refractivity contribution in [1.82, 2.24) is 4.98 Å². The van der Waals surface area contributed by atoms with E-state index in [9.17, 15) is 0 Å². The summed E-state index contributed by atoms with van der Waals surface area (Å²) in [7, 11) is 0. The molecular weight excluding hydrogens is 305 g/mol. The van der Waals surface area contributed by atoms with Gasteiger partial charge in [0.05, 0.1) is 5.52 Å². The SMILES string of the molecule is Cc1c[c]([AlH][c]2ccc(-c3ccccc3)cc2)c2ccccc2n1. The van der Waals surface area contributed by atoms with Crippen molar-refractivity contribution in [2.45, 2.75) is 6.92 Å². The molecule has 1 heterocycles. The first-order valence-corrected chi connectivity index (χ1v) is 9.71. The average Bonchev–Trinajstić information content (AvgIpc) is 2.63. The van der Waals surface area contributed by atoms with Gasteiger partial charge in [0.1, 0.15) is 0 Å². The van der Waals surface area contributed by atoms with E-state index in [1.165, 1.54) is 25.4 Å². The Bertz CT molecular complexity index is 976. The third-order valence-electron chi connectivity index (χ3n) is 4.39. The van der Waals surface area contributed by atoms with E-state index in [0.717, 1.165) is 11.2 Å². The highest BCUT2D eigenvalue weighted by Gasteiger charge is 2.08. The zero-order valence-electron chi connectivity index (χ0n) is 13.7. The summed E-state index contributed by atoms with van der Waals surface area (Å²) in [5.74, 6) is 0. The van der Waals surface area contributed by atoms with Crippen LogP contribution >= 0.6 is 0 Å². The van der Waals surface area contributed by atoms with Crippen LogP contribution in [0.3, 0.4) is 0 Å². The Kier molecular flexibility index (Phi) is 4.17. The zero-order chi connectivity index (χ0) is 16.4. The van der Waals surface area contributed by atoms with Gasteiger partial charge in [0.2, 0.25) is 0 Å². The summed E-state index contributed by atoms with van der Waals surface area (Å²) in [5.41, 5.74) is 4.78. The van der Waals surface area contributed by atoms with E-state index in [-0.39, 0.29) is 0 Å². The minimum atomic E-state index is -0.513. The fourth-order valence-electron chi connectivity index (χ4n) is 3.21. The van der Waals surface area contributed by atoms with Gasteiger partial charge >= 0.3 is 15.2 Å². The molecule has 3 aromatic carbocycles. The second-order valence-electron chi connectivity index (χ2n) is 6.18. The number of fused-ring (bicyclic) bond motifs is 1. The van der Waals surface area contributed by atoms with Gasteiger partial charge in [-0.3, -0.25) is 4.98 Å². The number of benzene rings is 3. The number of aryl methyl sites for hydroxylation is 1. The first-order chi connectivity index (χ1) is 11.8. The van der Waals surface area contributed by atoms with Crippen molar-refractivity contribution in [1.29, 1.82) is 0 Å². The van der Waals surface area contributed by atoms with Crippen LogP contribution in [-0.2, 0) is 0 Å². The Labute approximate surface area is 148 Å². The minimum Gasteiger partial charge on any atom is -0.253 e. The first kappa shape index (κ1) is 15.1. The fraction of sp³-hybridized carbons (Fsp3) is 0.0455. The van der Waals surface area contributed by atoms with Crippen LogP contribution in [0.1, 0.15) is 5.69 Å². The Balaban J connectivity index is 1.67. The monoisotopic (exact) mass is 323 g/mol. The van der Waals surface area contributed by atoms with Crippen molar-refractivity contribution < 1.29 is 0 Å². The van der Waals surface area contributed by atoms with Gasteiger partial charge in [-0.2, -0.15) is 0 Å². The summed E-state index contributed by atoms with van der Waals surface area (Å²) in [4.78, 5) is 4.65. The standard InChI is InChI=1S/C12H9.C10H8N.Al.H/c1-3-7-11(8-4-1)12-9-5-2-6-10-12;1-8-6-7-9-4-2-3-5-10(9)11-8;;/h1,3-10H;2-6H,1H3;;. The van der Waals surface area contributed by atoms with Gasteiger partial charge in [-0.15, -0.1) is 4.43 Å². The largest absolute Gasteiger partial charge is 0.324 e. The lowest BCUT2D eigenvalue weighted by Gasteiger charge is -2.08. The first-order valence-electron chi connectivity index (χ1n) is 8.29. The van der Waals surface area contributed by atoms with Crippen LogP contribution < -0.4 is 8.85 Å². The van der Waals surface area contributed by atoms with Crippen molar-refractivity contribution in [2.75, 3.05) is 0 Å². The number of hydrogen-bond donors (Lipinski definition) is 0. The Hall–Kier alpha value is -2.40. The molecule has 0 atom stereocenters. The second kappa shape index (κ2) is 6.61. The predicted molar refractivity (Wildman–Crippen MR) is 105 cm³/mol. The third-order valence-corrected chi connectivity index (χ3v) is 6.23. The maximum atomic E-state index is 4.65. The smallest absolute Gasteiger partial charge is 0.253 e. The van der Waals surface area contributed by atoms with E-state index in [1.54, 1.807) is 0 Å². The Morgan fingerprint density at radius 2 is 1.38 bits per heavy atom. The number of hydrogen-bond acceptors (Lipinski definition) is 1. The lowest BCUT2D eigenvalue weighted by atomic mass is 10.1. The molecule has 0 unspecified atom stereocenters. The number of rotatable bonds is 3. The molecule has 0 saturated carbocycles. The van der Waals surface area contributed by atoms with E-state index in [2.05, 4.69) is 96.8 Å². The van der Waals surface area contributed by atoms with E-state index in [1.807, 2.05) is 0 Å². The van der Waals surface area contributed by atoms with Gasteiger partial charge in [-0.25, -0.2) is 0 Å². The van der Waals surface area contributed by atoms with Gasteiger partial charge in [0, 0.05) is 5.69 Å². The highest BCUT2D eigenvalue weighted by Crippen LogP contribution is 2.17. The fourth-order valence-corrected chi connectivity index (χ4v) is 5.00. The summed E-state index contributed by atoms with van der Waals surface area (Å²) >= 11 is -0.513. The van der Waals surface area contributed by atoms with Gasteiger partial charge in [-0.05, 0) is 29.5 Å². The molecule has 0 aliphatic rings. The second-order valence-corrected chi connectivity index (χ2v) is 8.11. The molecule has 0 radical (unpaired) electrons. The van der Waals surface area contributed by atoms with Crippen LogP contribution in [0.25, 0.3) is 22.0 Å². The molecule has 0 fully saturated rings. The molecule has 0 aliphatic carbocycles. The molecule has 24 heavy (non-hydrogen) atoms. The van der Waals surface area contributed by atoms with Crippen LogP contribution in [0.4, 0.5) is 0 Å². The quantitative estimate of drug-likeness (QED) is 0.525. The minimum absolute atomic E-state index is 0.513. The number of para-hydroxylation sites is 1. The highest BCUT2D eigenvalue weighted by molar-refractivity contribution is 6.69. The predicted octanol–water partition coefficient (Wildman–Crippen LogP) is 3.60. The summed E-state index contributed by atoms with van der Waals surface area (Å²) in [6, 6.07) is 30.4. The van der Waals surface area contributed by atoms with Crippen LogP contribution in [0.5, 0.6) is 0 Å². The maximum absolute atomic E-state index is 4.65. The average molecular weight is 323 g/mol. The molecule has 0 aliphatic heterocycles. The van der Waals surface area contributed by atoms with E-state index < -0.39 is 15.2 Å². The summed E-state index contributed by atoms with van der Waals surface area (Å²) in [6.07, 6.45) is 0. The third kappa shape index (κ3) is 3.12.